The van der Waals surface area contributed by atoms with Gasteiger partial charge in [-0.15, -0.1) is 11.3 Å². The lowest BCUT2D eigenvalue weighted by atomic mass is 10.1. The number of fused-ring (bicyclic) bond motifs is 1. The van der Waals surface area contributed by atoms with Crippen LogP contribution in [0.1, 0.15) is 20.8 Å². The van der Waals surface area contributed by atoms with Gasteiger partial charge in [-0.1, -0.05) is 19.9 Å². The van der Waals surface area contributed by atoms with Crippen molar-refractivity contribution < 1.29 is 4.74 Å². The molecule has 0 amide bonds. The van der Waals surface area contributed by atoms with Gasteiger partial charge in [-0.05, 0) is 61.8 Å². The van der Waals surface area contributed by atoms with Crippen molar-refractivity contribution in [2.24, 2.45) is 0 Å². The average molecular weight is 463 g/mol. The summed E-state index contributed by atoms with van der Waals surface area (Å²) in [4.78, 5) is 21.0. The first-order valence-corrected chi connectivity index (χ1v) is 12.3. The highest BCUT2D eigenvalue weighted by atomic mass is 32.1. The lowest BCUT2D eigenvalue weighted by Crippen LogP contribution is -2.27. The van der Waals surface area contributed by atoms with Crippen LogP contribution in [-0.2, 0) is 6.54 Å². The summed E-state index contributed by atoms with van der Waals surface area (Å²) in [7, 11) is 0. The molecule has 4 rings (SSSR count). The van der Waals surface area contributed by atoms with Crippen molar-refractivity contribution in [2.45, 2.75) is 27.3 Å². The van der Waals surface area contributed by atoms with Gasteiger partial charge in [-0.2, -0.15) is 0 Å². The van der Waals surface area contributed by atoms with Crippen LogP contribution in [0.3, 0.4) is 0 Å². The van der Waals surface area contributed by atoms with E-state index < -0.39 is 0 Å². The first-order chi connectivity index (χ1) is 16.1. The molecule has 0 aliphatic heterocycles. The van der Waals surface area contributed by atoms with Crippen molar-refractivity contribution in [2.75, 3.05) is 31.6 Å². The van der Waals surface area contributed by atoms with Crippen LogP contribution in [0.2, 0.25) is 0 Å². The van der Waals surface area contributed by atoms with E-state index in [1.807, 2.05) is 71.6 Å². The summed E-state index contributed by atoms with van der Waals surface area (Å²) in [5, 5.41) is 6.28. The van der Waals surface area contributed by atoms with Crippen molar-refractivity contribution in [3.05, 3.63) is 70.5 Å². The summed E-state index contributed by atoms with van der Waals surface area (Å²) in [6.07, 6.45) is 1.82. The number of likely N-dealkylation sites (N-methyl/N-ethyl adjacent to an activating group) is 1. The molecule has 6 nitrogen and oxygen atoms in total. The third-order valence-corrected chi connectivity index (χ3v) is 6.68. The number of rotatable bonds is 10. The first kappa shape index (κ1) is 23.0. The average Bonchev–Trinajstić information content (AvgIpc) is 3.37. The number of hydrogen-bond donors (Lipinski definition) is 1. The third kappa shape index (κ3) is 5.26. The second-order valence-electron chi connectivity index (χ2n) is 7.74. The summed E-state index contributed by atoms with van der Waals surface area (Å²) in [5.41, 5.74) is 2.53. The van der Waals surface area contributed by atoms with Crippen molar-refractivity contribution in [3.63, 3.8) is 0 Å². The fourth-order valence-corrected chi connectivity index (χ4v) is 4.61. The second-order valence-corrected chi connectivity index (χ2v) is 8.69. The number of thiophene rings is 1. The van der Waals surface area contributed by atoms with Crippen molar-refractivity contribution >= 4 is 33.7 Å². The van der Waals surface area contributed by atoms with E-state index in [2.05, 4.69) is 29.0 Å². The van der Waals surface area contributed by atoms with Gasteiger partial charge in [0.1, 0.15) is 18.2 Å². The van der Waals surface area contributed by atoms with Crippen LogP contribution >= 0.6 is 11.3 Å². The van der Waals surface area contributed by atoms with Gasteiger partial charge in [0.05, 0.1) is 11.1 Å². The van der Waals surface area contributed by atoms with Gasteiger partial charge in [0.15, 0.2) is 0 Å². The number of pyridine rings is 2. The molecule has 3 aromatic heterocycles. The van der Waals surface area contributed by atoms with E-state index in [-0.39, 0.29) is 5.56 Å². The molecular weight excluding hydrogens is 432 g/mol. The molecule has 0 aliphatic carbocycles. The first-order valence-electron chi connectivity index (χ1n) is 11.4. The minimum absolute atomic E-state index is 0.0239. The number of ether oxygens (including phenoxy) is 1. The Hall–Kier alpha value is -3.16. The minimum atomic E-state index is 0.0239. The Kier molecular flexibility index (Phi) is 7.42. The Balaban J connectivity index is 1.51. The van der Waals surface area contributed by atoms with E-state index in [1.54, 1.807) is 11.3 Å². The van der Waals surface area contributed by atoms with Gasteiger partial charge in [-0.25, -0.2) is 4.98 Å². The topological polar surface area (TPSA) is 59.4 Å². The maximum atomic E-state index is 13.1. The zero-order valence-corrected chi connectivity index (χ0v) is 20.2. The van der Waals surface area contributed by atoms with Gasteiger partial charge >= 0.3 is 0 Å². The van der Waals surface area contributed by atoms with E-state index in [0.29, 0.717) is 19.0 Å². The molecule has 4 aromatic rings. The Morgan fingerprint density at radius 2 is 1.88 bits per heavy atom. The smallest absolute Gasteiger partial charge is 0.259 e. The van der Waals surface area contributed by atoms with Gasteiger partial charge in [-0.3, -0.25) is 4.79 Å². The molecule has 0 spiro atoms. The maximum Gasteiger partial charge on any atom is 0.259 e. The highest BCUT2D eigenvalue weighted by Gasteiger charge is 2.12. The molecule has 0 saturated heterocycles. The standard InChI is InChI=1S/C26H30N4O2S/c1-4-29(5-2)13-14-32-21-11-9-20(10-12-21)28-25-17-23-19(18-27-25)16-22(24-8-7-15-33-24)26(31)30(23)6-3/h7-12,15-18H,4-6,13-14H2,1-3H3,(H,27,28). The molecular formula is C26H30N4O2S. The molecule has 172 valence electrons. The van der Waals surface area contributed by atoms with E-state index in [0.717, 1.165) is 52.4 Å². The van der Waals surface area contributed by atoms with Crippen LogP contribution in [0.5, 0.6) is 5.75 Å². The molecule has 0 unspecified atom stereocenters. The lowest BCUT2D eigenvalue weighted by molar-refractivity contribution is 0.223. The minimum Gasteiger partial charge on any atom is -0.492 e. The number of nitrogens with zero attached hydrogens (tertiary/aromatic N) is 3. The molecule has 0 saturated carbocycles. The molecule has 1 N–H and O–H groups in total. The van der Waals surface area contributed by atoms with Crippen molar-refractivity contribution in [3.8, 4) is 16.2 Å². The fraction of sp³-hybridized carbons (Fsp3) is 0.308. The van der Waals surface area contributed by atoms with Crippen LogP contribution < -0.4 is 15.6 Å². The summed E-state index contributed by atoms with van der Waals surface area (Å²) in [5.74, 6) is 1.54. The normalized spacial score (nSPS) is 11.3. The molecule has 33 heavy (non-hydrogen) atoms. The Labute approximate surface area is 198 Å². The van der Waals surface area contributed by atoms with Gasteiger partial charge in [0.2, 0.25) is 0 Å². The monoisotopic (exact) mass is 462 g/mol. The van der Waals surface area contributed by atoms with Gasteiger partial charge in [0.25, 0.3) is 5.56 Å². The summed E-state index contributed by atoms with van der Waals surface area (Å²) >= 11 is 1.57. The van der Waals surface area contributed by atoms with E-state index in [4.69, 9.17) is 4.74 Å². The number of hydrogen-bond acceptors (Lipinski definition) is 6. The van der Waals surface area contributed by atoms with Crippen molar-refractivity contribution in [1.29, 1.82) is 0 Å². The van der Waals surface area contributed by atoms with Crippen molar-refractivity contribution in [1.82, 2.24) is 14.5 Å². The van der Waals surface area contributed by atoms with Gasteiger partial charge in [0, 0.05) is 41.3 Å². The highest BCUT2D eigenvalue weighted by Crippen LogP contribution is 2.27. The highest BCUT2D eigenvalue weighted by molar-refractivity contribution is 7.13. The predicted molar refractivity (Wildman–Crippen MR) is 138 cm³/mol. The van der Waals surface area contributed by atoms with Crippen LogP contribution in [0.25, 0.3) is 21.3 Å². The van der Waals surface area contributed by atoms with Crippen LogP contribution in [0, 0.1) is 0 Å². The molecule has 0 radical (unpaired) electrons. The van der Waals surface area contributed by atoms with E-state index in [1.165, 1.54) is 0 Å². The zero-order valence-electron chi connectivity index (χ0n) is 19.4. The molecule has 0 atom stereocenters. The van der Waals surface area contributed by atoms with Gasteiger partial charge < -0.3 is 19.5 Å². The summed E-state index contributed by atoms with van der Waals surface area (Å²) < 4.78 is 7.68. The van der Waals surface area contributed by atoms with Crippen LogP contribution in [-0.4, -0.2) is 40.7 Å². The summed E-state index contributed by atoms with van der Waals surface area (Å²) in [6.45, 7) is 10.6. The number of aryl methyl sites for hydroxylation is 1. The number of nitrogens with one attached hydrogen (secondary N) is 1. The van der Waals surface area contributed by atoms with Crippen LogP contribution in [0.4, 0.5) is 11.5 Å². The summed E-state index contributed by atoms with van der Waals surface area (Å²) in [6, 6.07) is 15.7. The largest absolute Gasteiger partial charge is 0.492 e. The quantitative estimate of drug-likeness (QED) is 0.332. The molecule has 7 heteroatoms. The Bertz CT molecular complexity index is 1250. The number of anilines is 2. The second kappa shape index (κ2) is 10.6. The lowest BCUT2D eigenvalue weighted by Gasteiger charge is -2.18. The molecule has 3 heterocycles. The van der Waals surface area contributed by atoms with Crippen LogP contribution in [0.15, 0.2) is 64.9 Å². The van der Waals surface area contributed by atoms with E-state index in [9.17, 15) is 4.79 Å². The maximum absolute atomic E-state index is 13.1. The fourth-order valence-electron chi connectivity index (χ4n) is 3.88. The Morgan fingerprint density at radius 3 is 2.55 bits per heavy atom. The number of aromatic nitrogens is 2. The third-order valence-electron chi connectivity index (χ3n) is 5.78. The number of benzene rings is 1. The zero-order chi connectivity index (χ0) is 23.2. The molecule has 0 fully saturated rings. The molecule has 1 aromatic carbocycles. The molecule has 0 bridgehead atoms. The Morgan fingerprint density at radius 1 is 1.09 bits per heavy atom. The SMILES string of the molecule is CCN(CC)CCOc1ccc(Nc2cc3c(cn2)cc(-c2cccs2)c(=O)n3CC)cc1. The molecule has 0 aliphatic rings. The predicted octanol–water partition coefficient (Wildman–Crippen LogP) is 5.61. The van der Waals surface area contributed by atoms with E-state index >= 15 is 0 Å².